The molecule has 1 unspecified atom stereocenters. The minimum atomic E-state index is -0.479. The van der Waals surface area contributed by atoms with Gasteiger partial charge in [-0.2, -0.15) is 0 Å². The zero-order valence-corrected chi connectivity index (χ0v) is 14.7. The van der Waals surface area contributed by atoms with Gasteiger partial charge >= 0.3 is 6.03 Å². The number of carbonyl (C=O) groups excluding carboxylic acids is 2. The van der Waals surface area contributed by atoms with Crippen molar-refractivity contribution in [1.29, 1.82) is 0 Å². The van der Waals surface area contributed by atoms with Gasteiger partial charge in [0.2, 0.25) is 5.91 Å². The summed E-state index contributed by atoms with van der Waals surface area (Å²) in [5, 5.41) is 5.72. The molecule has 23 heavy (non-hydrogen) atoms. The molecular formula is C15H19ClN4O2S. The highest BCUT2D eigenvalue weighted by Crippen LogP contribution is 2.25. The number of hydrogen-bond acceptors (Lipinski definition) is 4. The molecule has 6 nitrogen and oxygen atoms in total. The smallest absolute Gasteiger partial charge is 0.321 e. The summed E-state index contributed by atoms with van der Waals surface area (Å²) in [5.74, 6) is -0.0419. The Morgan fingerprint density at radius 1 is 1.35 bits per heavy atom. The number of thioether (sulfide) groups is 1. The molecule has 3 N–H and O–H groups in total. The monoisotopic (exact) mass is 354 g/mol. The Balaban J connectivity index is 1.93. The zero-order chi connectivity index (χ0) is 17.0. The normalized spacial score (nSPS) is 12.4. The van der Waals surface area contributed by atoms with E-state index in [2.05, 4.69) is 20.6 Å². The highest BCUT2D eigenvalue weighted by molar-refractivity contribution is 8.00. The third kappa shape index (κ3) is 5.14. The lowest BCUT2D eigenvalue weighted by Crippen LogP contribution is -2.43. The van der Waals surface area contributed by atoms with Crippen LogP contribution in [0.3, 0.4) is 0 Å². The number of urea groups is 1. The van der Waals surface area contributed by atoms with Crippen LogP contribution in [0.2, 0.25) is 5.02 Å². The fourth-order valence-corrected chi connectivity index (χ4v) is 2.78. The van der Waals surface area contributed by atoms with Crippen LogP contribution in [0.1, 0.15) is 20.8 Å². The van der Waals surface area contributed by atoms with Gasteiger partial charge in [-0.25, -0.2) is 9.78 Å². The van der Waals surface area contributed by atoms with Crippen LogP contribution in [-0.2, 0) is 4.79 Å². The van der Waals surface area contributed by atoms with Crippen molar-refractivity contribution >= 4 is 46.3 Å². The van der Waals surface area contributed by atoms with E-state index < -0.39 is 11.3 Å². The average molecular weight is 355 g/mol. The van der Waals surface area contributed by atoms with E-state index in [0.717, 1.165) is 11.0 Å². The van der Waals surface area contributed by atoms with Crippen LogP contribution in [-0.4, -0.2) is 33.7 Å². The van der Waals surface area contributed by atoms with Gasteiger partial charge in [0.15, 0.2) is 5.16 Å². The molecule has 1 heterocycles. The van der Waals surface area contributed by atoms with Gasteiger partial charge < -0.3 is 10.3 Å². The number of H-pyrrole nitrogens is 1. The number of nitrogens with one attached hydrogen (secondary N) is 3. The number of hydrogen-bond donors (Lipinski definition) is 3. The highest BCUT2D eigenvalue weighted by Gasteiger charge is 2.18. The van der Waals surface area contributed by atoms with Crippen molar-refractivity contribution in [3.63, 3.8) is 0 Å². The van der Waals surface area contributed by atoms with Crippen molar-refractivity contribution in [3.8, 4) is 0 Å². The summed E-state index contributed by atoms with van der Waals surface area (Å²) >= 11 is 7.18. The van der Waals surface area contributed by atoms with Crippen molar-refractivity contribution < 1.29 is 9.59 Å². The van der Waals surface area contributed by atoms with Gasteiger partial charge in [0.25, 0.3) is 0 Å². The molecule has 0 saturated carbocycles. The van der Waals surface area contributed by atoms with Crippen molar-refractivity contribution in [2.45, 2.75) is 31.2 Å². The first kappa shape index (κ1) is 17.6. The van der Waals surface area contributed by atoms with Gasteiger partial charge in [0.05, 0.1) is 16.3 Å². The Hall–Kier alpha value is -1.73. The van der Waals surface area contributed by atoms with E-state index in [0.29, 0.717) is 22.6 Å². The van der Waals surface area contributed by atoms with Crippen LogP contribution < -0.4 is 10.6 Å². The summed E-state index contributed by atoms with van der Waals surface area (Å²) in [6, 6.07) is 4.86. The van der Waals surface area contributed by atoms with Crippen LogP contribution in [0.4, 0.5) is 4.79 Å². The Labute approximate surface area is 143 Å². The number of imide groups is 1. The minimum absolute atomic E-state index is 0.324. The van der Waals surface area contributed by atoms with E-state index in [4.69, 9.17) is 11.6 Å². The van der Waals surface area contributed by atoms with E-state index in [1.54, 1.807) is 19.1 Å². The molecule has 0 bridgehead atoms. The molecule has 2 aromatic rings. The Bertz CT molecular complexity index is 717. The minimum Gasteiger partial charge on any atom is -0.338 e. The molecule has 0 fully saturated rings. The van der Waals surface area contributed by atoms with Gasteiger partial charge in [-0.3, -0.25) is 10.1 Å². The number of aromatic amines is 1. The lowest BCUT2D eigenvalue weighted by Gasteiger charge is -2.11. The predicted octanol–water partition coefficient (Wildman–Crippen LogP) is 3.18. The molecule has 3 amide bonds. The molecule has 1 aromatic heterocycles. The fourth-order valence-electron chi connectivity index (χ4n) is 1.79. The van der Waals surface area contributed by atoms with Crippen LogP contribution in [0, 0.1) is 5.92 Å². The van der Waals surface area contributed by atoms with Gasteiger partial charge in [-0.1, -0.05) is 37.2 Å². The van der Waals surface area contributed by atoms with E-state index in [1.165, 1.54) is 11.8 Å². The van der Waals surface area contributed by atoms with Gasteiger partial charge in [-0.05, 0) is 31.0 Å². The number of aromatic nitrogens is 2. The summed E-state index contributed by atoms with van der Waals surface area (Å²) < 4.78 is 0. The van der Waals surface area contributed by atoms with Crippen molar-refractivity contribution in [2.24, 2.45) is 5.92 Å². The van der Waals surface area contributed by atoms with Crippen LogP contribution in [0.15, 0.2) is 23.4 Å². The molecular weight excluding hydrogens is 336 g/mol. The molecule has 8 heteroatoms. The Kier molecular flexibility index (Phi) is 5.90. The number of rotatable bonds is 5. The van der Waals surface area contributed by atoms with E-state index in [9.17, 15) is 9.59 Å². The van der Waals surface area contributed by atoms with Crippen LogP contribution in [0.25, 0.3) is 11.0 Å². The maximum absolute atomic E-state index is 12.0. The van der Waals surface area contributed by atoms with Crippen LogP contribution in [0.5, 0.6) is 0 Å². The lowest BCUT2D eigenvalue weighted by atomic mass is 10.2. The van der Waals surface area contributed by atoms with Crippen LogP contribution >= 0.6 is 23.4 Å². The maximum Gasteiger partial charge on any atom is 0.321 e. The predicted molar refractivity (Wildman–Crippen MR) is 92.8 cm³/mol. The standard InChI is InChI=1S/C15H19ClN4O2S/c1-8(2)7-17-14(22)20-13(21)9(3)23-15-18-11-5-4-10(16)6-12(11)19-15/h4-6,8-9H,7H2,1-3H3,(H,18,19)(H2,17,20,21,22). The molecule has 0 spiro atoms. The zero-order valence-electron chi connectivity index (χ0n) is 13.1. The summed E-state index contributed by atoms with van der Waals surface area (Å²) in [6.07, 6.45) is 0. The second-order valence-corrected chi connectivity index (χ2v) is 7.32. The lowest BCUT2D eigenvalue weighted by molar-refractivity contribution is -0.119. The molecule has 0 aliphatic heterocycles. The number of halogens is 1. The molecule has 2 rings (SSSR count). The third-order valence-corrected chi connectivity index (χ3v) is 4.21. The average Bonchev–Trinajstić information content (AvgIpc) is 2.86. The van der Waals surface area contributed by atoms with Gasteiger partial charge in [0, 0.05) is 11.6 Å². The number of benzene rings is 1. The number of fused-ring (bicyclic) bond motifs is 1. The molecule has 0 saturated heterocycles. The largest absolute Gasteiger partial charge is 0.338 e. The molecule has 124 valence electrons. The quantitative estimate of drug-likeness (QED) is 0.720. The number of carbonyl (C=O) groups is 2. The second kappa shape index (κ2) is 7.70. The Morgan fingerprint density at radius 3 is 2.78 bits per heavy atom. The fraction of sp³-hybridized carbons (Fsp3) is 0.400. The van der Waals surface area contributed by atoms with Crippen molar-refractivity contribution in [2.75, 3.05) is 6.54 Å². The SMILES string of the molecule is CC(C)CNC(=O)NC(=O)C(C)Sc1nc2ccc(Cl)cc2[nH]1. The first-order valence-corrected chi connectivity index (χ1v) is 8.51. The molecule has 0 radical (unpaired) electrons. The number of amides is 3. The van der Waals surface area contributed by atoms with Gasteiger partial charge in [0.1, 0.15) is 0 Å². The third-order valence-electron chi connectivity index (χ3n) is 2.99. The first-order valence-electron chi connectivity index (χ1n) is 7.25. The highest BCUT2D eigenvalue weighted by atomic mass is 35.5. The Morgan fingerprint density at radius 2 is 2.09 bits per heavy atom. The summed E-state index contributed by atoms with van der Waals surface area (Å²) in [4.78, 5) is 31.1. The first-order chi connectivity index (χ1) is 10.8. The van der Waals surface area contributed by atoms with Crippen molar-refractivity contribution in [3.05, 3.63) is 23.2 Å². The number of imidazole rings is 1. The number of nitrogens with zero attached hydrogens (tertiary/aromatic N) is 1. The molecule has 1 atom stereocenters. The maximum atomic E-state index is 12.0. The van der Waals surface area contributed by atoms with Gasteiger partial charge in [-0.15, -0.1) is 0 Å². The molecule has 0 aliphatic carbocycles. The van der Waals surface area contributed by atoms with Crippen molar-refractivity contribution in [1.82, 2.24) is 20.6 Å². The molecule has 1 aromatic carbocycles. The second-order valence-electron chi connectivity index (χ2n) is 5.56. The van der Waals surface area contributed by atoms with E-state index in [1.807, 2.05) is 19.9 Å². The van der Waals surface area contributed by atoms with E-state index in [-0.39, 0.29) is 5.91 Å². The summed E-state index contributed by atoms with van der Waals surface area (Å²) in [7, 11) is 0. The molecule has 0 aliphatic rings. The topological polar surface area (TPSA) is 86.9 Å². The summed E-state index contributed by atoms with van der Waals surface area (Å²) in [5.41, 5.74) is 1.58. The van der Waals surface area contributed by atoms with E-state index >= 15 is 0 Å². The summed E-state index contributed by atoms with van der Waals surface area (Å²) in [6.45, 7) is 6.20.